The lowest BCUT2D eigenvalue weighted by Gasteiger charge is -2.23. The third kappa shape index (κ3) is 4.24. The van der Waals surface area contributed by atoms with Crippen LogP contribution >= 0.6 is 0 Å². The first-order valence-electron chi connectivity index (χ1n) is 9.58. The number of benzene rings is 2. The molecule has 0 aromatic heterocycles. The number of nitrogens with zero attached hydrogens (tertiary/aromatic N) is 1. The molecule has 2 aromatic rings. The first-order valence-corrected chi connectivity index (χ1v) is 10.4. The van der Waals surface area contributed by atoms with Crippen molar-refractivity contribution in [3.63, 3.8) is 0 Å². The van der Waals surface area contributed by atoms with E-state index in [9.17, 15) is 17.8 Å². The van der Waals surface area contributed by atoms with Crippen molar-refractivity contribution < 1.29 is 22.5 Å². The topological polar surface area (TPSA) is 58.6 Å². The van der Waals surface area contributed by atoms with Gasteiger partial charge in [0.1, 0.15) is 11.6 Å². The van der Waals surface area contributed by atoms with E-state index in [1.165, 1.54) is 18.2 Å². The summed E-state index contributed by atoms with van der Waals surface area (Å²) in [7, 11) is 0. The molecular weight excluding hydrogens is 398 g/mol. The van der Waals surface area contributed by atoms with Gasteiger partial charge in [0, 0.05) is 19.0 Å². The minimum atomic E-state index is -0.615. The van der Waals surface area contributed by atoms with Crippen molar-refractivity contribution in [2.24, 2.45) is 5.92 Å². The molecule has 1 aliphatic heterocycles. The zero-order chi connectivity index (χ0) is 20.4. The van der Waals surface area contributed by atoms with Gasteiger partial charge in [0.2, 0.25) is 5.91 Å². The lowest BCUT2D eigenvalue weighted by Crippen LogP contribution is -2.43. The highest BCUT2D eigenvalue weighted by molar-refractivity contribution is 7.63. The zero-order valence-corrected chi connectivity index (χ0v) is 16.6. The lowest BCUT2D eigenvalue weighted by atomic mass is 9.95. The van der Waals surface area contributed by atoms with Gasteiger partial charge in [0.15, 0.2) is 0 Å². The summed E-state index contributed by atoms with van der Waals surface area (Å²) in [6, 6.07) is 10.7. The minimum absolute atomic E-state index is 0.00123. The van der Waals surface area contributed by atoms with E-state index in [4.69, 9.17) is 4.74 Å². The SMILES string of the molecule is O=[SH]NC1COCCN(C(=O)[C@@H]2C[C@H]2c2ccccc2-c2c(F)cccc2F)C1. The number of ether oxygens (including phenoxy) is 1. The minimum Gasteiger partial charge on any atom is -0.378 e. The molecule has 1 saturated carbocycles. The molecule has 1 saturated heterocycles. The summed E-state index contributed by atoms with van der Waals surface area (Å²) in [5.41, 5.74) is 1.23. The Morgan fingerprint density at radius 3 is 2.66 bits per heavy atom. The number of nitrogens with one attached hydrogen (secondary N) is 1. The maximum Gasteiger partial charge on any atom is 0.226 e. The largest absolute Gasteiger partial charge is 0.378 e. The van der Waals surface area contributed by atoms with Gasteiger partial charge in [0.05, 0.1) is 36.7 Å². The van der Waals surface area contributed by atoms with Crippen molar-refractivity contribution in [3.05, 3.63) is 59.7 Å². The highest BCUT2D eigenvalue weighted by atomic mass is 32.2. The first-order chi connectivity index (χ1) is 14.1. The Bertz CT molecular complexity index is 906. The van der Waals surface area contributed by atoms with Gasteiger partial charge >= 0.3 is 0 Å². The van der Waals surface area contributed by atoms with E-state index in [0.29, 0.717) is 38.3 Å². The third-order valence-corrected chi connectivity index (χ3v) is 5.98. The quantitative estimate of drug-likeness (QED) is 0.731. The van der Waals surface area contributed by atoms with Crippen LogP contribution in [0.3, 0.4) is 0 Å². The molecule has 4 rings (SSSR count). The smallest absolute Gasteiger partial charge is 0.226 e. The van der Waals surface area contributed by atoms with Gasteiger partial charge in [-0.05, 0) is 35.6 Å². The number of hydrogen-bond donors (Lipinski definition) is 2. The molecule has 3 atom stereocenters. The average Bonchev–Trinajstić information content (AvgIpc) is 3.52. The van der Waals surface area contributed by atoms with Crippen LogP contribution < -0.4 is 4.72 Å². The van der Waals surface area contributed by atoms with Gasteiger partial charge in [-0.25, -0.2) is 17.7 Å². The van der Waals surface area contributed by atoms with Crippen LogP contribution in [0.25, 0.3) is 11.1 Å². The summed E-state index contributed by atoms with van der Waals surface area (Å²) < 4.78 is 47.8. The number of carbonyl (C=O) groups is 1. The molecule has 1 aliphatic carbocycles. The van der Waals surface area contributed by atoms with Crippen molar-refractivity contribution in [2.75, 3.05) is 26.3 Å². The van der Waals surface area contributed by atoms with E-state index in [-0.39, 0.29) is 41.2 Å². The van der Waals surface area contributed by atoms with Crippen LogP contribution in [0.1, 0.15) is 17.9 Å². The molecule has 1 heterocycles. The van der Waals surface area contributed by atoms with Gasteiger partial charge < -0.3 is 9.64 Å². The normalized spacial score (nSPS) is 24.2. The van der Waals surface area contributed by atoms with E-state index < -0.39 is 11.6 Å². The molecule has 5 nitrogen and oxygen atoms in total. The Kier molecular flexibility index (Phi) is 6.03. The molecule has 154 valence electrons. The van der Waals surface area contributed by atoms with Crippen molar-refractivity contribution in [1.29, 1.82) is 0 Å². The second-order valence-electron chi connectivity index (χ2n) is 7.41. The molecule has 0 radical (unpaired) electrons. The van der Waals surface area contributed by atoms with E-state index in [2.05, 4.69) is 4.72 Å². The second-order valence-corrected chi connectivity index (χ2v) is 7.85. The van der Waals surface area contributed by atoms with E-state index >= 15 is 0 Å². The number of carbonyl (C=O) groups excluding carboxylic acids is 1. The number of thiol groups is 1. The Hall–Kier alpha value is -2.16. The number of rotatable bonds is 5. The molecule has 2 fully saturated rings. The van der Waals surface area contributed by atoms with Crippen LogP contribution in [0, 0.1) is 17.6 Å². The summed E-state index contributed by atoms with van der Waals surface area (Å²) >= 11 is -0.196. The maximum absolute atomic E-state index is 14.3. The Morgan fingerprint density at radius 2 is 1.90 bits per heavy atom. The third-order valence-electron chi connectivity index (χ3n) is 5.51. The summed E-state index contributed by atoms with van der Waals surface area (Å²) in [4.78, 5) is 14.8. The first kappa shape index (κ1) is 20.1. The number of amides is 1. The predicted octanol–water partition coefficient (Wildman–Crippen LogP) is 2.41. The fraction of sp³-hybridized carbons (Fsp3) is 0.381. The molecule has 1 amide bonds. The summed E-state index contributed by atoms with van der Waals surface area (Å²) in [5.74, 6) is -1.54. The molecule has 0 bridgehead atoms. The zero-order valence-electron chi connectivity index (χ0n) is 15.7. The van der Waals surface area contributed by atoms with Gasteiger partial charge in [-0.15, -0.1) is 0 Å². The van der Waals surface area contributed by atoms with Crippen molar-refractivity contribution in [1.82, 2.24) is 9.62 Å². The van der Waals surface area contributed by atoms with Crippen LogP contribution in [-0.2, 0) is 21.4 Å². The van der Waals surface area contributed by atoms with Crippen molar-refractivity contribution >= 4 is 17.8 Å². The maximum atomic E-state index is 14.3. The fourth-order valence-corrected chi connectivity index (χ4v) is 4.32. The van der Waals surface area contributed by atoms with Crippen LogP contribution in [0.2, 0.25) is 0 Å². The molecular formula is C21H22F2N2O3S. The van der Waals surface area contributed by atoms with Gasteiger partial charge in [-0.2, -0.15) is 0 Å². The molecule has 2 aromatic carbocycles. The standard InChI is InChI=1S/C21H22F2N2O3S/c22-18-6-3-7-19(23)20(18)15-5-2-1-4-14(15)16-10-17(16)21(26)25-8-9-28-12-13(11-25)24-29-27/h1-7,13,16-17,29H,8-12H2,(H,24,27)/t13?,16-,17+/m0/s1. The van der Waals surface area contributed by atoms with Gasteiger partial charge in [0.25, 0.3) is 0 Å². The molecule has 2 aliphatic rings. The van der Waals surface area contributed by atoms with Crippen LogP contribution in [0.5, 0.6) is 0 Å². The molecule has 29 heavy (non-hydrogen) atoms. The van der Waals surface area contributed by atoms with Crippen LogP contribution in [0.15, 0.2) is 42.5 Å². The predicted molar refractivity (Wildman–Crippen MR) is 107 cm³/mol. The summed E-state index contributed by atoms with van der Waals surface area (Å²) in [6.07, 6.45) is 0.640. The molecule has 8 heteroatoms. The molecule has 1 N–H and O–H groups in total. The Balaban J connectivity index is 1.55. The van der Waals surface area contributed by atoms with E-state index in [1.807, 2.05) is 12.1 Å². The Labute approximate surface area is 171 Å². The molecule has 0 spiro atoms. The van der Waals surface area contributed by atoms with Gasteiger partial charge in [-0.1, -0.05) is 30.3 Å². The van der Waals surface area contributed by atoms with Crippen LogP contribution in [0.4, 0.5) is 8.78 Å². The number of halogens is 2. The fourth-order valence-electron chi connectivity index (χ4n) is 4.01. The highest BCUT2D eigenvalue weighted by Crippen LogP contribution is 2.51. The van der Waals surface area contributed by atoms with Crippen molar-refractivity contribution in [3.8, 4) is 11.1 Å². The highest BCUT2D eigenvalue weighted by Gasteiger charge is 2.47. The monoisotopic (exact) mass is 420 g/mol. The van der Waals surface area contributed by atoms with Crippen LogP contribution in [-0.4, -0.2) is 47.4 Å². The average molecular weight is 420 g/mol. The summed E-state index contributed by atoms with van der Waals surface area (Å²) in [5, 5.41) is 0. The number of hydrogen-bond acceptors (Lipinski definition) is 3. The molecule has 1 unspecified atom stereocenters. The summed E-state index contributed by atoms with van der Waals surface area (Å²) in [6.45, 7) is 1.71. The van der Waals surface area contributed by atoms with Crippen molar-refractivity contribution in [2.45, 2.75) is 18.4 Å². The Morgan fingerprint density at radius 1 is 1.14 bits per heavy atom. The van der Waals surface area contributed by atoms with Gasteiger partial charge in [-0.3, -0.25) is 4.79 Å². The second kappa shape index (κ2) is 8.69. The van der Waals surface area contributed by atoms with E-state index in [0.717, 1.165) is 5.56 Å². The lowest BCUT2D eigenvalue weighted by molar-refractivity contribution is -0.132. The van der Waals surface area contributed by atoms with E-state index in [1.54, 1.807) is 17.0 Å².